The zero-order valence-electron chi connectivity index (χ0n) is 16.4. The van der Waals surface area contributed by atoms with Crippen molar-refractivity contribution in [2.75, 3.05) is 26.2 Å². The van der Waals surface area contributed by atoms with Crippen LogP contribution in [0.25, 0.3) is 5.57 Å². The van der Waals surface area contributed by atoms with Gasteiger partial charge in [-0.15, -0.1) is 11.8 Å². The summed E-state index contributed by atoms with van der Waals surface area (Å²) in [6, 6.07) is 17.4. The number of benzene rings is 2. The lowest BCUT2D eigenvalue weighted by Gasteiger charge is -2.30. The summed E-state index contributed by atoms with van der Waals surface area (Å²) in [5, 5.41) is 0. The van der Waals surface area contributed by atoms with E-state index in [0.29, 0.717) is 6.61 Å². The van der Waals surface area contributed by atoms with Crippen LogP contribution >= 0.6 is 11.8 Å². The van der Waals surface area contributed by atoms with Gasteiger partial charge in [0.2, 0.25) is 0 Å². The molecule has 2 heterocycles. The molecule has 0 N–H and O–H groups in total. The summed E-state index contributed by atoms with van der Waals surface area (Å²) in [4.78, 5) is 15.9. The van der Waals surface area contributed by atoms with E-state index in [2.05, 4.69) is 59.5 Å². The zero-order chi connectivity index (χ0) is 19.3. The van der Waals surface area contributed by atoms with Crippen LogP contribution in [0.1, 0.15) is 36.5 Å². The third kappa shape index (κ3) is 4.18. The van der Waals surface area contributed by atoms with Gasteiger partial charge in [0.25, 0.3) is 0 Å². The Morgan fingerprint density at radius 2 is 1.96 bits per heavy atom. The Hall–Kier alpha value is -2.04. The molecule has 2 aliphatic rings. The van der Waals surface area contributed by atoms with Crippen LogP contribution in [0.4, 0.5) is 0 Å². The summed E-state index contributed by atoms with van der Waals surface area (Å²) in [6.07, 6.45) is 4.35. The van der Waals surface area contributed by atoms with Gasteiger partial charge < -0.3 is 4.74 Å². The van der Waals surface area contributed by atoms with Crippen LogP contribution in [-0.4, -0.2) is 37.1 Å². The number of fused-ring (bicyclic) bond motifs is 2. The number of piperidine rings is 1. The quantitative estimate of drug-likeness (QED) is 0.684. The maximum atomic E-state index is 12.2. The standard InChI is InChI=1S/C24H27NO2S/c1-2-27-24(26)18-9-7-14-25(16-18)15-13-21-20-10-4-3-8-19(20)17-28-23-12-6-5-11-22(21)23/h3-6,8,10-13,18H,2,7,9,14-17H2,1H3/t18-/m1/s1. The number of thioether (sulfide) groups is 1. The number of rotatable bonds is 4. The van der Waals surface area contributed by atoms with Crippen LogP contribution in [0.2, 0.25) is 0 Å². The van der Waals surface area contributed by atoms with Gasteiger partial charge >= 0.3 is 5.97 Å². The van der Waals surface area contributed by atoms with Gasteiger partial charge in [0, 0.05) is 23.7 Å². The molecule has 2 aliphatic heterocycles. The molecule has 0 unspecified atom stereocenters. The molecule has 0 spiro atoms. The van der Waals surface area contributed by atoms with E-state index in [1.165, 1.54) is 27.2 Å². The molecule has 1 atom stereocenters. The first kappa shape index (κ1) is 19.3. The maximum absolute atomic E-state index is 12.2. The second-order valence-corrected chi connectivity index (χ2v) is 8.43. The Kier molecular flexibility index (Phi) is 6.18. The average Bonchev–Trinajstić information content (AvgIpc) is 2.89. The Labute approximate surface area is 171 Å². The summed E-state index contributed by atoms with van der Waals surface area (Å²) in [6.45, 7) is 5.03. The van der Waals surface area contributed by atoms with Gasteiger partial charge in [-0.05, 0) is 54.6 Å². The van der Waals surface area contributed by atoms with Crippen molar-refractivity contribution in [3.05, 3.63) is 71.3 Å². The summed E-state index contributed by atoms with van der Waals surface area (Å²) >= 11 is 1.91. The number of nitrogens with zero attached hydrogens (tertiary/aromatic N) is 1. The van der Waals surface area contributed by atoms with Crippen molar-refractivity contribution in [1.82, 2.24) is 4.90 Å². The fourth-order valence-electron chi connectivity index (χ4n) is 4.14. The normalized spacial score (nSPS) is 20.9. The van der Waals surface area contributed by atoms with E-state index in [1.807, 2.05) is 18.7 Å². The number of hydrogen-bond acceptors (Lipinski definition) is 4. The summed E-state index contributed by atoms with van der Waals surface area (Å²) in [7, 11) is 0. The Bertz CT molecular complexity index is 827. The lowest BCUT2D eigenvalue weighted by molar-refractivity contribution is -0.149. The highest BCUT2D eigenvalue weighted by Crippen LogP contribution is 2.39. The predicted molar refractivity (Wildman–Crippen MR) is 115 cm³/mol. The van der Waals surface area contributed by atoms with Gasteiger partial charge in [0.1, 0.15) is 0 Å². The molecule has 3 nitrogen and oxygen atoms in total. The molecule has 0 aliphatic carbocycles. The van der Waals surface area contributed by atoms with Crippen molar-refractivity contribution in [3.63, 3.8) is 0 Å². The highest BCUT2D eigenvalue weighted by atomic mass is 32.2. The maximum Gasteiger partial charge on any atom is 0.310 e. The minimum absolute atomic E-state index is 0.0105. The molecule has 28 heavy (non-hydrogen) atoms. The first-order chi connectivity index (χ1) is 13.8. The fraction of sp³-hybridized carbons (Fsp3) is 0.375. The number of hydrogen-bond donors (Lipinski definition) is 0. The molecule has 4 rings (SSSR count). The van der Waals surface area contributed by atoms with Crippen LogP contribution < -0.4 is 0 Å². The molecule has 2 aromatic rings. The zero-order valence-corrected chi connectivity index (χ0v) is 17.2. The van der Waals surface area contributed by atoms with E-state index in [1.54, 1.807) is 0 Å². The van der Waals surface area contributed by atoms with Gasteiger partial charge in [0.15, 0.2) is 0 Å². The van der Waals surface area contributed by atoms with E-state index >= 15 is 0 Å². The van der Waals surface area contributed by atoms with E-state index in [4.69, 9.17) is 4.74 Å². The highest BCUT2D eigenvalue weighted by Gasteiger charge is 2.26. The van der Waals surface area contributed by atoms with Crippen LogP contribution in [0.5, 0.6) is 0 Å². The molecular weight excluding hydrogens is 366 g/mol. The van der Waals surface area contributed by atoms with Crippen molar-refractivity contribution < 1.29 is 9.53 Å². The lowest BCUT2D eigenvalue weighted by atomic mass is 9.93. The Morgan fingerprint density at radius 1 is 1.18 bits per heavy atom. The molecule has 0 aromatic heterocycles. The van der Waals surface area contributed by atoms with Gasteiger partial charge in [-0.25, -0.2) is 0 Å². The smallest absolute Gasteiger partial charge is 0.310 e. The average molecular weight is 394 g/mol. The minimum atomic E-state index is -0.0404. The minimum Gasteiger partial charge on any atom is -0.466 e. The van der Waals surface area contributed by atoms with E-state index in [9.17, 15) is 4.79 Å². The monoisotopic (exact) mass is 393 g/mol. The molecule has 0 bridgehead atoms. The molecule has 0 amide bonds. The van der Waals surface area contributed by atoms with Gasteiger partial charge in [-0.3, -0.25) is 9.69 Å². The molecule has 1 saturated heterocycles. The first-order valence-electron chi connectivity index (χ1n) is 10.2. The van der Waals surface area contributed by atoms with Crippen molar-refractivity contribution in [3.8, 4) is 0 Å². The SMILES string of the molecule is CCOC(=O)[C@@H]1CCCN(CC=C2c3ccccc3CSc3ccccc32)C1. The van der Waals surface area contributed by atoms with Crippen LogP contribution in [0.3, 0.4) is 0 Å². The molecular formula is C24H27NO2S. The second kappa shape index (κ2) is 8.97. The third-order valence-electron chi connectivity index (χ3n) is 5.55. The number of esters is 1. The summed E-state index contributed by atoms with van der Waals surface area (Å²) in [5.41, 5.74) is 5.35. The van der Waals surface area contributed by atoms with Gasteiger partial charge in [-0.2, -0.15) is 0 Å². The van der Waals surface area contributed by atoms with E-state index < -0.39 is 0 Å². The molecule has 1 fully saturated rings. The molecule has 2 aromatic carbocycles. The van der Waals surface area contributed by atoms with E-state index in [-0.39, 0.29) is 11.9 Å². The van der Waals surface area contributed by atoms with Crippen molar-refractivity contribution >= 4 is 23.3 Å². The molecule has 0 saturated carbocycles. The first-order valence-corrected chi connectivity index (χ1v) is 11.1. The Morgan fingerprint density at radius 3 is 2.82 bits per heavy atom. The number of carbonyl (C=O) groups is 1. The van der Waals surface area contributed by atoms with Crippen LogP contribution in [0, 0.1) is 5.92 Å². The number of ether oxygens (including phenoxy) is 1. The molecule has 0 radical (unpaired) electrons. The van der Waals surface area contributed by atoms with Crippen molar-refractivity contribution in [2.24, 2.45) is 5.92 Å². The highest BCUT2D eigenvalue weighted by molar-refractivity contribution is 7.98. The Balaban J connectivity index is 1.59. The van der Waals surface area contributed by atoms with Gasteiger partial charge in [0.05, 0.1) is 12.5 Å². The predicted octanol–water partition coefficient (Wildman–Crippen LogP) is 5.00. The lowest BCUT2D eigenvalue weighted by Crippen LogP contribution is -2.39. The number of carbonyl (C=O) groups excluding carboxylic acids is 1. The topological polar surface area (TPSA) is 29.5 Å². The summed E-state index contributed by atoms with van der Waals surface area (Å²) < 4.78 is 5.25. The molecule has 146 valence electrons. The van der Waals surface area contributed by atoms with E-state index in [0.717, 1.165) is 38.2 Å². The van der Waals surface area contributed by atoms with Crippen LogP contribution in [0.15, 0.2) is 59.5 Å². The number of likely N-dealkylation sites (tertiary alicyclic amines) is 1. The van der Waals surface area contributed by atoms with Crippen molar-refractivity contribution in [2.45, 2.75) is 30.4 Å². The second-order valence-electron chi connectivity index (χ2n) is 7.41. The van der Waals surface area contributed by atoms with Crippen LogP contribution in [-0.2, 0) is 15.3 Å². The molecule has 4 heteroatoms. The summed E-state index contributed by atoms with van der Waals surface area (Å²) in [5.74, 6) is 0.969. The van der Waals surface area contributed by atoms with Gasteiger partial charge in [-0.1, -0.05) is 48.5 Å². The largest absolute Gasteiger partial charge is 0.466 e. The fourth-order valence-corrected chi connectivity index (χ4v) is 5.21. The van der Waals surface area contributed by atoms with Crippen molar-refractivity contribution in [1.29, 1.82) is 0 Å². The third-order valence-corrected chi connectivity index (χ3v) is 6.67.